The van der Waals surface area contributed by atoms with E-state index in [1.54, 1.807) is 0 Å². The van der Waals surface area contributed by atoms with E-state index in [9.17, 15) is 19.8 Å². The molecule has 0 saturated carbocycles. The number of carbonyl (C=O) groups is 2. The van der Waals surface area contributed by atoms with Crippen molar-refractivity contribution in [2.24, 2.45) is 0 Å². The third-order valence-corrected chi connectivity index (χ3v) is 14.0. The minimum atomic E-state index is -0.700. The van der Waals surface area contributed by atoms with Crippen LogP contribution in [0, 0.1) is 0 Å². The van der Waals surface area contributed by atoms with E-state index >= 15 is 0 Å². The number of esters is 1. The zero-order chi connectivity index (χ0) is 48.6. The van der Waals surface area contributed by atoms with Crippen molar-refractivity contribution in [3.63, 3.8) is 0 Å². The molecule has 6 nitrogen and oxygen atoms in total. The van der Waals surface area contributed by atoms with Crippen molar-refractivity contribution in [1.82, 2.24) is 5.32 Å². The van der Waals surface area contributed by atoms with Crippen molar-refractivity contribution >= 4 is 11.9 Å². The highest BCUT2D eigenvalue weighted by atomic mass is 16.5. The normalized spacial score (nSPS) is 12.7. The molecule has 0 aliphatic heterocycles. The Labute approximate surface area is 418 Å². The number of aliphatic hydroxyl groups is 2. The molecule has 0 heterocycles. The second-order valence-electron chi connectivity index (χ2n) is 20.7. The lowest BCUT2D eigenvalue weighted by Gasteiger charge is -2.22. The third kappa shape index (κ3) is 53.5. The molecule has 0 aromatic heterocycles. The molecule has 0 saturated heterocycles. The first kappa shape index (κ1) is 65.3. The lowest BCUT2D eigenvalue weighted by Crippen LogP contribution is -2.45. The summed E-state index contributed by atoms with van der Waals surface area (Å²) < 4.78 is 5.46. The lowest BCUT2D eigenvalue weighted by molar-refractivity contribution is -0.143. The summed E-state index contributed by atoms with van der Waals surface area (Å²) in [6, 6.07) is -0.586. The molecule has 0 bridgehead atoms. The van der Waals surface area contributed by atoms with E-state index in [-0.39, 0.29) is 18.5 Å². The first-order valence-electron chi connectivity index (χ1n) is 30.1. The maximum absolute atomic E-state index is 12.5. The van der Waals surface area contributed by atoms with Crippen LogP contribution < -0.4 is 5.32 Å². The summed E-state index contributed by atoms with van der Waals surface area (Å²) >= 11 is 0. The van der Waals surface area contributed by atoms with Crippen molar-refractivity contribution in [3.8, 4) is 0 Å². The Bertz CT molecular complexity index is 1040. The van der Waals surface area contributed by atoms with E-state index in [0.29, 0.717) is 32.3 Å². The van der Waals surface area contributed by atoms with Gasteiger partial charge in [0.25, 0.3) is 0 Å². The molecule has 396 valence electrons. The number of carbonyl (C=O) groups excluding carboxylic acids is 2. The molecule has 0 aliphatic rings. The smallest absolute Gasteiger partial charge is 0.305 e. The first-order valence-corrected chi connectivity index (χ1v) is 30.1. The van der Waals surface area contributed by atoms with Crippen LogP contribution in [0.25, 0.3) is 0 Å². The van der Waals surface area contributed by atoms with Crippen LogP contribution >= 0.6 is 0 Å². The minimum absolute atomic E-state index is 0.0146. The average molecular weight is 945 g/mol. The highest BCUT2D eigenvalue weighted by Crippen LogP contribution is 2.18. The van der Waals surface area contributed by atoms with Gasteiger partial charge in [0.05, 0.1) is 25.4 Å². The van der Waals surface area contributed by atoms with Gasteiger partial charge < -0.3 is 20.3 Å². The topological polar surface area (TPSA) is 95.9 Å². The number of nitrogens with one attached hydrogen (secondary N) is 1. The monoisotopic (exact) mass is 944 g/mol. The molecule has 0 aromatic carbocycles. The summed E-state index contributed by atoms with van der Waals surface area (Å²) in [7, 11) is 0. The molecule has 2 atom stereocenters. The van der Waals surface area contributed by atoms with Gasteiger partial charge in [0.2, 0.25) is 5.91 Å². The SMILES string of the molecule is CCCCCCCCCCCCCCCCCCCCCCCCCCC(O)C(CO)NC(=O)CC/C=C\C/C=C\CCCCCCCCOC(=O)CCCCCCCCCCCCCCC. The van der Waals surface area contributed by atoms with Gasteiger partial charge in [0.1, 0.15) is 0 Å². The van der Waals surface area contributed by atoms with Crippen molar-refractivity contribution in [3.05, 3.63) is 24.3 Å². The highest BCUT2D eigenvalue weighted by molar-refractivity contribution is 5.76. The third-order valence-electron chi connectivity index (χ3n) is 14.0. The Morgan fingerprint density at radius 2 is 0.761 bits per heavy atom. The van der Waals surface area contributed by atoms with Gasteiger partial charge >= 0.3 is 5.97 Å². The fourth-order valence-corrected chi connectivity index (χ4v) is 9.40. The van der Waals surface area contributed by atoms with E-state index in [1.807, 2.05) is 6.08 Å². The predicted molar refractivity (Wildman–Crippen MR) is 292 cm³/mol. The molecular weight excluding hydrogens is 827 g/mol. The van der Waals surface area contributed by atoms with E-state index in [1.165, 1.54) is 238 Å². The summed E-state index contributed by atoms with van der Waals surface area (Å²) in [5.41, 5.74) is 0. The molecule has 0 aliphatic carbocycles. The molecule has 0 fully saturated rings. The summed E-state index contributed by atoms with van der Waals surface area (Å²) in [6.07, 6.45) is 69.1. The molecule has 0 aromatic rings. The van der Waals surface area contributed by atoms with E-state index < -0.39 is 12.1 Å². The summed E-state index contributed by atoms with van der Waals surface area (Å²) in [5.74, 6) is -0.127. The minimum Gasteiger partial charge on any atom is -0.466 e. The summed E-state index contributed by atoms with van der Waals surface area (Å²) in [5, 5.41) is 23.3. The van der Waals surface area contributed by atoms with Crippen molar-refractivity contribution in [2.45, 2.75) is 341 Å². The van der Waals surface area contributed by atoms with Crippen LogP contribution in [-0.2, 0) is 14.3 Å². The van der Waals surface area contributed by atoms with Crippen molar-refractivity contribution in [2.75, 3.05) is 13.2 Å². The summed E-state index contributed by atoms with van der Waals surface area (Å²) in [6.45, 7) is 4.91. The highest BCUT2D eigenvalue weighted by Gasteiger charge is 2.20. The second kappa shape index (κ2) is 56.9. The molecule has 0 spiro atoms. The quantitative estimate of drug-likeness (QED) is 0.0321. The van der Waals surface area contributed by atoms with Crippen LogP contribution in [0.5, 0.6) is 0 Å². The molecule has 1 amide bonds. The number of hydrogen-bond donors (Lipinski definition) is 3. The van der Waals surface area contributed by atoms with Crippen molar-refractivity contribution in [1.29, 1.82) is 0 Å². The molecule has 0 radical (unpaired) electrons. The molecular formula is C61H117NO5. The molecule has 2 unspecified atom stereocenters. The van der Waals surface area contributed by atoms with Crippen LogP contribution in [-0.4, -0.2) is 47.4 Å². The van der Waals surface area contributed by atoms with Gasteiger partial charge in [-0.15, -0.1) is 0 Å². The Balaban J connectivity index is 3.52. The number of amides is 1. The van der Waals surface area contributed by atoms with Gasteiger partial charge in [-0.25, -0.2) is 0 Å². The number of aliphatic hydroxyl groups excluding tert-OH is 2. The molecule has 3 N–H and O–H groups in total. The second-order valence-corrected chi connectivity index (χ2v) is 20.7. The summed E-state index contributed by atoms with van der Waals surface area (Å²) in [4.78, 5) is 24.5. The van der Waals surface area contributed by atoms with Gasteiger partial charge in [-0.3, -0.25) is 9.59 Å². The number of allylic oxidation sites excluding steroid dienone is 4. The average Bonchev–Trinajstić information content (AvgIpc) is 3.33. The van der Waals surface area contributed by atoms with Crippen LogP contribution in [0.15, 0.2) is 24.3 Å². The van der Waals surface area contributed by atoms with Gasteiger partial charge in [0.15, 0.2) is 0 Å². The van der Waals surface area contributed by atoms with Gasteiger partial charge in [-0.05, 0) is 44.9 Å². The van der Waals surface area contributed by atoms with Crippen LogP contribution in [0.2, 0.25) is 0 Å². The fourth-order valence-electron chi connectivity index (χ4n) is 9.40. The molecule has 0 rings (SSSR count). The maximum Gasteiger partial charge on any atom is 0.305 e. The van der Waals surface area contributed by atoms with Gasteiger partial charge in [-0.1, -0.05) is 295 Å². The Morgan fingerprint density at radius 1 is 0.418 bits per heavy atom. The van der Waals surface area contributed by atoms with E-state index in [0.717, 1.165) is 51.4 Å². The fraction of sp³-hybridized carbons (Fsp3) is 0.902. The Hall–Kier alpha value is -1.66. The Morgan fingerprint density at radius 3 is 1.16 bits per heavy atom. The number of unbranched alkanes of at least 4 members (excludes halogenated alkanes) is 41. The predicted octanol–water partition coefficient (Wildman–Crippen LogP) is 18.6. The van der Waals surface area contributed by atoms with Crippen LogP contribution in [0.1, 0.15) is 328 Å². The Kier molecular flexibility index (Phi) is 55.5. The molecule has 6 heteroatoms. The number of rotatable bonds is 56. The van der Waals surface area contributed by atoms with Crippen molar-refractivity contribution < 1.29 is 24.5 Å². The van der Waals surface area contributed by atoms with E-state index in [2.05, 4.69) is 37.4 Å². The lowest BCUT2D eigenvalue weighted by atomic mass is 10.0. The number of hydrogen-bond acceptors (Lipinski definition) is 5. The van der Waals surface area contributed by atoms with Crippen LogP contribution in [0.4, 0.5) is 0 Å². The first-order chi connectivity index (χ1) is 33.0. The van der Waals surface area contributed by atoms with Gasteiger partial charge in [-0.2, -0.15) is 0 Å². The van der Waals surface area contributed by atoms with Crippen LogP contribution in [0.3, 0.4) is 0 Å². The van der Waals surface area contributed by atoms with E-state index in [4.69, 9.17) is 4.74 Å². The zero-order valence-corrected chi connectivity index (χ0v) is 45.1. The zero-order valence-electron chi connectivity index (χ0n) is 45.1. The molecule has 67 heavy (non-hydrogen) atoms. The maximum atomic E-state index is 12.5. The standard InChI is InChI=1S/C61H117NO5/c1-3-5-7-9-11-13-15-17-18-19-20-21-22-23-24-25-26-27-30-33-37-41-45-49-53-59(64)58(57-63)62-60(65)54-50-46-42-38-34-31-28-32-36-40-44-48-52-56-67-61(66)55-51-47-43-39-35-29-16-14-12-10-8-6-4-2/h31,34,42,46,58-59,63-64H,3-30,32-33,35-41,43-45,47-57H2,1-2H3,(H,62,65)/b34-31-,46-42-. The number of ether oxygens (including phenoxy) is 1. The van der Waals surface area contributed by atoms with Gasteiger partial charge in [0, 0.05) is 12.8 Å². The largest absolute Gasteiger partial charge is 0.466 e.